The van der Waals surface area contributed by atoms with Gasteiger partial charge in [0.2, 0.25) is 0 Å². The fourth-order valence-corrected chi connectivity index (χ4v) is 2.01. The molecule has 1 fully saturated rings. The van der Waals surface area contributed by atoms with Gasteiger partial charge in [-0.05, 0) is 18.6 Å². The van der Waals surface area contributed by atoms with Crippen LogP contribution < -0.4 is 10.5 Å². The number of ether oxygens (including phenoxy) is 1. The van der Waals surface area contributed by atoms with Gasteiger partial charge in [-0.2, -0.15) is 0 Å². The summed E-state index contributed by atoms with van der Waals surface area (Å²) in [7, 11) is 0. The van der Waals surface area contributed by atoms with E-state index in [9.17, 15) is 9.59 Å². The molecule has 1 saturated heterocycles. The van der Waals surface area contributed by atoms with Crippen LogP contribution in [-0.2, 0) is 0 Å². The average molecular weight is 265 g/mol. The summed E-state index contributed by atoms with van der Waals surface area (Å²) in [5, 5.41) is 9.04. The molecule has 1 aliphatic rings. The lowest BCUT2D eigenvalue weighted by molar-refractivity contribution is 0.0776. The Morgan fingerprint density at radius 3 is 2.84 bits per heavy atom. The van der Waals surface area contributed by atoms with Gasteiger partial charge in [-0.1, -0.05) is 0 Å². The molecule has 2 amide bonds. The molecule has 0 aromatic carbocycles. The molecule has 0 unspecified atom stereocenters. The molecule has 0 aliphatic carbocycles. The van der Waals surface area contributed by atoms with Crippen LogP contribution in [0.4, 0.5) is 4.79 Å². The number of carbonyl (C=O) groups is 2. The van der Waals surface area contributed by atoms with E-state index < -0.39 is 6.09 Å². The third-order valence-corrected chi connectivity index (χ3v) is 3.01. The number of likely N-dealkylation sites (tertiary alicyclic amines) is 1. The third-order valence-electron chi connectivity index (χ3n) is 3.01. The number of aromatic nitrogens is 1. The summed E-state index contributed by atoms with van der Waals surface area (Å²) in [6.45, 7) is 1.24. The molecule has 1 aromatic heterocycles. The third kappa shape index (κ3) is 3.19. The van der Waals surface area contributed by atoms with Crippen LogP contribution in [0.3, 0.4) is 0 Å². The normalized spacial score (nSPS) is 18.4. The van der Waals surface area contributed by atoms with Crippen molar-refractivity contribution in [3.05, 3.63) is 24.0 Å². The number of aliphatic hydroxyl groups excluding tert-OH is 1. The number of pyridine rings is 1. The standard InChI is InChI=1S/C12H15N3O4/c13-12(18)19-9-1-2-10(14-5-9)11(17)15-4-3-8(6-15)7-16/h1-2,5,8,16H,3-4,6-7H2,(H2,13,18)/t8-/m1/s1. The molecular weight excluding hydrogens is 250 g/mol. The Morgan fingerprint density at radius 2 is 2.32 bits per heavy atom. The lowest BCUT2D eigenvalue weighted by Gasteiger charge is -2.15. The number of primary amides is 1. The molecule has 19 heavy (non-hydrogen) atoms. The molecule has 0 radical (unpaired) electrons. The van der Waals surface area contributed by atoms with E-state index in [1.54, 1.807) is 4.90 Å². The Morgan fingerprint density at radius 1 is 1.53 bits per heavy atom. The number of hydrogen-bond acceptors (Lipinski definition) is 5. The average Bonchev–Trinajstić information content (AvgIpc) is 2.87. The predicted molar refractivity (Wildman–Crippen MR) is 65.5 cm³/mol. The van der Waals surface area contributed by atoms with Crippen LogP contribution in [0.5, 0.6) is 5.75 Å². The molecule has 3 N–H and O–H groups in total. The van der Waals surface area contributed by atoms with E-state index in [0.29, 0.717) is 13.1 Å². The smallest absolute Gasteiger partial charge is 0.409 e. The van der Waals surface area contributed by atoms with Crippen molar-refractivity contribution in [2.45, 2.75) is 6.42 Å². The largest absolute Gasteiger partial charge is 0.410 e. The first-order chi connectivity index (χ1) is 9.10. The maximum atomic E-state index is 12.1. The van der Waals surface area contributed by atoms with E-state index in [1.165, 1.54) is 18.3 Å². The highest BCUT2D eigenvalue weighted by atomic mass is 16.5. The molecule has 102 valence electrons. The minimum atomic E-state index is -0.925. The number of nitrogens with zero attached hydrogens (tertiary/aromatic N) is 2. The molecule has 1 aliphatic heterocycles. The Bertz CT molecular complexity index is 474. The molecule has 0 bridgehead atoms. The Kier molecular flexibility index (Phi) is 3.96. The second-order valence-corrected chi connectivity index (χ2v) is 4.39. The van der Waals surface area contributed by atoms with Crippen molar-refractivity contribution >= 4 is 12.0 Å². The number of carbonyl (C=O) groups excluding carboxylic acids is 2. The first kappa shape index (κ1) is 13.3. The SMILES string of the molecule is NC(=O)Oc1ccc(C(=O)N2CC[C@@H](CO)C2)nc1. The van der Waals surface area contributed by atoms with Gasteiger partial charge >= 0.3 is 6.09 Å². The Labute approximate surface area is 110 Å². The lowest BCUT2D eigenvalue weighted by atomic mass is 10.1. The molecule has 2 rings (SSSR count). The second-order valence-electron chi connectivity index (χ2n) is 4.39. The molecule has 2 heterocycles. The molecule has 0 spiro atoms. The summed E-state index contributed by atoms with van der Waals surface area (Å²) < 4.78 is 4.63. The minimum Gasteiger partial charge on any atom is -0.409 e. The molecule has 1 atom stereocenters. The highest BCUT2D eigenvalue weighted by Crippen LogP contribution is 2.18. The lowest BCUT2D eigenvalue weighted by Crippen LogP contribution is -2.29. The monoisotopic (exact) mass is 265 g/mol. The van der Waals surface area contributed by atoms with Crippen molar-refractivity contribution in [2.75, 3.05) is 19.7 Å². The first-order valence-electron chi connectivity index (χ1n) is 5.93. The van der Waals surface area contributed by atoms with E-state index >= 15 is 0 Å². The van der Waals surface area contributed by atoms with Gasteiger partial charge < -0.3 is 20.5 Å². The predicted octanol–water partition coefficient (Wildman–Crippen LogP) is -0.00650. The first-order valence-corrected chi connectivity index (χ1v) is 5.93. The molecule has 7 nitrogen and oxygen atoms in total. The number of rotatable bonds is 3. The van der Waals surface area contributed by atoms with Gasteiger partial charge in [0, 0.05) is 25.6 Å². The van der Waals surface area contributed by atoms with Gasteiger partial charge in [0.1, 0.15) is 5.69 Å². The van der Waals surface area contributed by atoms with Gasteiger partial charge in [-0.15, -0.1) is 0 Å². The van der Waals surface area contributed by atoms with Crippen LogP contribution in [0, 0.1) is 5.92 Å². The Hall–Kier alpha value is -2.15. The summed E-state index contributed by atoms with van der Waals surface area (Å²) in [6.07, 6.45) is 1.15. The van der Waals surface area contributed by atoms with Crippen LogP contribution in [0.1, 0.15) is 16.9 Å². The zero-order valence-corrected chi connectivity index (χ0v) is 10.3. The maximum absolute atomic E-state index is 12.1. The zero-order valence-electron chi connectivity index (χ0n) is 10.3. The van der Waals surface area contributed by atoms with Crippen LogP contribution in [0.15, 0.2) is 18.3 Å². The van der Waals surface area contributed by atoms with Crippen molar-refractivity contribution in [1.29, 1.82) is 0 Å². The van der Waals surface area contributed by atoms with Gasteiger partial charge in [0.25, 0.3) is 5.91 Å². The summed E-state index contributed by atoms with van der Waals surface area (Å²) in [5.41, 5.74) is 5.14. The van der Waals surface area contributed by atoms with Gasteiger partial charge in [-0.3, -0.25) is 4.79 Å². The Balaban J connectivity index is 2.02. The van der Waals surface area contributed by atoms with Gasteiger partial charge in [0.15, 0.2) is 5.75 Å². The number of hydrogen-bond donors (Lipinski definition) is 2. The zero-order chi connectivity index (χ0) is 13.8. The van der Waals surface area contributed by atoms with Crippen LogP contribution in [-0.4, -0.2) is 46.7 Å². The van der Waals surface area contributed by atoms with Crippen LogP contribution in [0.2, 0.25) is 0 Å². The summed E-state index contributed by atoms with van der Waals surface area (Å²) in [5.74, 6) is 0.140. The highest BCUT2D eigenvalue weighted by molar-refractivity contribution is 5.92. The van der Waals surface area contributed by atoms with Gasteiger partial charge in [0.05, 0.1) is 6.20 Å². The van der Waals surface area contributed by atoms with E-state index in [0.717, 1.165) is 6.42 Å². The topological polar surface area (TPSA) is 106 Å². The van der Waals surface area contributed by atoms with Crippen LogP contribution >= 0.6 is 0 Å². The van der Waals surface area contributed by atoms with E-state index in [4.69, 9.17) is 10.8 Å². The fourth-order valence-electron chi connectivity index (χ4n) is 2.01. The van der Waals surface area contributed by atoms with Crippen molar-refractivity contribution in [2.24, 2.45) is 11.7 Å². The fraction of sp³-hybridized carbons (Fsp3) is 0.417. The highest BCUT2D eigenvalue weighted by Gasteiger charge is 2.26. The second kappa shape index (κ2) is 5.66. The summed E-state index contributed by atoms with van der Waals surface area (Å²) >= 11 is 0. The van der Waals surface area contributed by atoms with E-state index in [1.807, 2.05) is 0 Å². The summed E-state index contributed by atoms with van der Waals surface area (Å²) in [6, 6.07) is 2.94. The number of nitrogens with two attached hydrogens (primary N) is 1. The molecule has 0 saturated carbocycles. The van der Waals surface area contributed by atoms with E-state index in [2.05, 4.69) is 9.72 Å². The number of aliphatic hydroxyl groups is 1. The molecule has 7 heteroatoms. The number of amides is 2. The molecule has 1 aromatic rings. The summed E-state index contributed by atoms with van der Waals surface area (Å²) in [4.78, 5) is 28.2. The quantitative estimate of drug-likeness (QED) is 0.799. The molecular formula is C12H15N3O4. The van der Waals surface area contributed by atoms with Gasteiger partial charge in [-0.25, -0.2) is 9.78 Å². The van der Waals surface area contributed by atoms with Crippen molar-refractivity contribution < 1.29 is 19.4 Å². The van der Waals surface area contributed by atoms with Crippen molar-refractivity contribution in [3.63, 3.8) is 0 Å². The minimum absolute atomic E-state index is 0.0859. The van der Waals surface area contributed by atoms with Crippen molar-refractivity contribution in [1.82, 2.24) is 9.88 Å². The van der Waals surface area contributed by atoms with Crippen LogP contribution in [0.25, 0.3) is 0 Å². The maximum Gasteiger partial charge on any atom is 0.410 e. The van der Waals surface area contributed by atoms with E-state index in [-0.39, 0.29) is 29.9 Å². The van der Waals surface area contributed by atoms with Crippen molar-refractivity contribution in [3.8, 4) is 5.75 Å².